The minimum absolute atomic E-state index is 0.0586. The first-order valence-electron chi connectivity index (χ1n) is 10.1. The van der Waals surface area contributed by atoms with Gasteiger partial charge in [-0.25, -0.2) is 0 Å². The van der Waals surface area contributed by atoms with E-state index in [0.717, 1.165) is 37.7 Å². The lowest BCUT2D eigenvalue weighted by atomic mass is 10.0. The number of nitrogens with zero attached hydrogens (tertiary/aromatic N) is 2. The van der Waals surface area contributed by atoms with Gasteiger partial charge in [-0.15, -0.1) is 11.3 Å². The number of non-ortho nitro benzene ring substituents is 1. The van der Waals surface area contributed by atoms with Crippen LogP contribution < -0.4 is 5.32 Å². The van der Waals surface area contributed by atoms with Gasteiger partial charge in [0.1, 0.15) is 5.00 Å². The number of nitro groups is 1. The predicted molar refractivity (Wildman–Crippen MR) is 113 cm³/mol. The molecule has 0 atom stereocenters. The van der Waals surface area contributed by atoms with Gasteiger partial charge < -0.3 is 15.0 Å². The van der Waals surface area contributed by atoms with Crippen LogP contribution in [0.2, 0.25) is 0 Å². The smallest absolute Gasteiger partial charge is 0.269 e. The van der Waals surface area contributed by atoms with Crippen molar-refractivity contribution in [3.05, 3.63) is 55.9 Å². The monoisotopic (exact) mass is 429 g/mol. The van der Waals surface area contributed by atoms with Gasteiger partial charge in [-0.1, -0.05) is 6.42 Å². The average molecular weight is 429 g/mol. The van der Waals surface area contributed by atoms with Crippen molar-refractivity contribution in [3.8, 4) is 0 Å². The highest BCUT2D eigenvalue weighted by molar-refractivity contribution is 7.17. The Bertz CT molecular complexity index is 964. The molecule has 1 aromatic heterocycles. The summed E-state index contributed by atoms with van der Waals surface area (Å²) in [7, 11) is 0. The van der Waals surface area contributed by atoms with Gasteiger partial charge in [-0.3, -0.25) is 19.7 Å². The van der Waals surface area contributed by atoms with Gasteiger partial charge >= 0.3 is 0 Å². The van der Waals surface area contributed by atoms with E-state index in [2.05, 4.69) is 5.32 Å². The average Bonchev–Trinajstić information content (AvgIpc) is 2.93. The van der Waals surface area contributed by atoms with Crippen molar-refractivity contribution in [2.24, 2.45) is 0 Å². The second-order valence-electron chi connectivity index (χ2n) is 7.43. The zero-order valence-corrected chi connectivity index (χ0v) is 17.3. The highest BCUT2D eigenvalue weighted by atomic mass is 32.1. The maximum absolute atomic E-state index is 13.4. The van der Waals surface area contributed by atoms with Gasteiger partial charge in [0.25, 0.3) is 17.5 Å². The second kappa shape index (κ2) is 8.93. The molecule has 1 aromatic carbocycles. The summed E-state index contributed by atoms with van der Waals surface area (Å²) in [6.45, 7) is 2.11. The number of carbonyl (C=O) groups excluding carboxylic acids is 2. The van der Waals surface area contributed by atoms with Crippen molar-refractivity contribution >= 4 is 33.8 Å². The van der Waals surface area contributed by atoms with Crippen LogP contribution in [-0.2, 0) is 17.6 Å². The molecule has 30 heavy (non-hydrogen) atoms. The third-order valence-electron chi connectivity index (χ3n) is 5.50. The second-order valence-corrected chi connectivity index (χ2v) is 8.54. The fraction of sp³-hybridized carbons (Fsp3) is 0.429. The molecule has 1 aliphatic carbocycles. The quantitative estimate of drug-likeness (QED) is 0.454. The van der Waals surface area contributed by atoms with Crippen LogP contribution in [0, 0.1) is 10.1 Å². The Hall–Kier alpha value is -2.78. The molecule has 1 aliphatic heterocycles. The van der Waals surface area contributed by atoms with Crippen LogP contribution in [0.3, 0.4) is 0 Å². The van der Waals surface area contributed by atoms with E-state index in [1.54, 1.807) is 4.90 Å². The lowest BCUT2D eigenvalue weighted by Gasteiger charge is -2.27. The summed E-state index contributed by atoms with van der Waals surface area (Å²) in [6.07, 6.45) is 5.00. The number of benzene rings is 1. The third-order valence-corrected chi connectivity index (χ3v) is 6.71. The summed E-state index contributed by atoms with van der Waals surface area (Å²) < 4.78 is 5.37. The van der Waals surface area contributed by atoms with E-state index >= 15 is 0 Å². The molecule has 1 N–H and O–H groups in total. The fourth-order valence-corrected chi connectivity index (χ4v) is 5.17. The summed E-state index contributed by atoms with van der Waals surface area (Å²) in [5.74, 6) is -0.436. The van der Waals surface area contributed by atoms with E-state index < -0.39 is 4.92 Å². The van der Waals surface area contributed by atoms with Crippen LogP contribution in [0.5, 0.6) is 0 Å². The lowest BCUT2D eigenvalue weighted by molar-refractivity contribution is -0.384. The van der Waals surface area contributed by atoms with Crippen LogP contribution in [0.1, 0.15) is 50.4 Å². The van der Waals surface area contributed by atoms with Gasteiger partial charge in [-0.2, -0.15) is 0 Å². The lowest BCUT2D eigenvalue weighted by Crippen LogP contribution is -2.41. The number of ether oxygens (including phenoxy) is 1. The van der Waals surface area contributed by atoms with Crippen molar-refractivity contribution < 1.29 is 19.2 Å². The normalized spacial score (nSPS) is 16.5. The van der Waals surface area contributed by atoms with Gasteiger partial charge in [0.2, 0.25) is 0 Å². The SMILES string of the molecule is O=C(Nc1sc2c(c1C(=O)N1CCOCC1)CCCCC2)c1ccc([N+](=O)[O-])cc1. The number of aryl methyl sites for hydroxylation is 1. The number of nitro benzene ring substituents is 1. The van der Waals surface area contributed by atoms with E-state index in [0.29, 0.717) is 42.4 Å². The number of thiophene rings is 1. The van der Waals surface area contributed by atoms with E-state index in [-0.39, 0.29) is 17.5 Å². The molecule has 0 bridgehead atoms. The van der Waals surface area contributed by atoms with Gasteiger partial charge in [-0.05, 0) is 43.4 Å². The predicted octanol–water partition coefficient (Wildman–Crippen LogP) is 3.65. The summed E-state index contributed by atoms with van der Waals surface area (Å²) in [6, 6.07) is 5.46. The van der Waals surface area contributed by atoms with Crippen molar-refractivity contribution in [3.63, 3.8) is 0 Å². The molecular weight excluding hydrogens is 406 g/mol. The number of carbonyl (C=O) groups is 2. The fourth-order valence-electron chi connectivity index (χ4n) is 3.89. The van der Waals surface area contributed by atoms with Crippen LogP contribution in [-0.4, -0.2) is 47.9 Å². The molecule has 1 saturated heterocycles. The maximum atomic E-state index is 13.4. The van der Waals surface area contributed by atoms with Crippen LogP contribution in [0.15, 0.2) is 24.3 Å². The zero-order chi connectivity index (χ0) is 21.1. The van der Waals surface area contributed by atoms with Crippen molar-refractivity contribution in [2.45, 2.75) is 32.1 Å². The van der Waals surface area contributed by atoms with E-state index in [1.165, 1.54) is 40.5 Å². The van der Waals surface area contributed by atoms with Crippen molar-refractivity contribution in [2.75, 3.05) is 31.6 Å². The standard InChI is InChI=1S/C21H23N3O5S/c25-19(14-6-8-15(9-7-14)24(27)28)22-20-18(21(26)23-10-12-29-13-11-23)16-4-2-1-3-5-17(16)30-20/h6-9H,1-5,10-13H2,(H,22,25). The largest absolute Gasteiger partial charge is 0.378 e. The summed E-state index contributed by atoms with van der Waals surface area (Å²) in [5, 5.41) is 14.3. The molecular formula is C21H23N3O5S. The topological polar surface area (TPSA) is 102 Å². The Morgan fingerprint density at radius 1 is 1.07 bits per heavy atom. The number of fused-ring (bicyclic) bond motifs is 1. The van der Waals surface area contributed by atoms with Gasteiger partial charge in [0.15, 0.2) is 0 Å². The molecule has 2 aliphatic rings. The summed E-state index contributed by atoms with van der Waals surface area (Å²) in [5.41, 5.74) is 1.91. The van der Waals surface area contributed by atoms with Crippen molar-refractivity contribution in [1.29, 1.82) is 0 Å². The molecule has 1 fully saturated rings. The molecule has 2 amide bonds. The first-order chi connectivity index (χ1) is 14.5. The van der Waals surface area contributed by atoms with Crippen LogP contribution in [0.4, 0.5) is 10.7 Å². The van der Waals surface area contributed by atoms with E-state index in [1.807, 2.05) is 0 Å². The number of hydrogen-bond acceptors (Lipinski definition) is 6. The minimum atomic E-state index is -0.503. The number of amides is 2. The molecule has 4 rings (SSSR count). The summed E-state index contributed by atoms with van der Waals surface area (Å²) >= 11 is 1.48. The van der Waals surface area contributed by atoms with Gasteiger partial charge in [0, 0.05) is 35.7 Å². The molecule has 0 spiro atoms. The number of nitrogens with one attached hydrogen (secondary N) is 1. The molecule has 2 aromatic rings. The Balaban J connectivity index is 1.64. The first-order valence-corrected chi connectivity index (χ1v) is 10.9. The maximum Gasteiger partial charge on any atom is 0.269 e. The van der Waals surface area contributed by atoms with Crippen LogP contribution in [0.25, 0.3) is 0 Å². The Labute approximate surface area is 178 Å². The molecule has 8 nitrogen and oxygen atoms in total. The zero-order valence-electron chi connectivity index (χ0n) is 16.5. The van der Waals surface area contributed by atoms with Crippen molar-refractivity contribution in [1.82, 2.24) is 4.90 Å². The Morgan fingerprint density at radius 3 is 2.47 bits per heavy atom. The number of hydrogen-bond donors (Lipinski definition) is 1. The van der Waals surface area contributed by atoms with E-state index in [4.69, 9.17) is 4.74 Å². The molecule has 9 heteroatoms. The molecule has 158 valence electrons. The number of anilines is 1. The molecule has 2 heterocycles. The Kier molecular flexibility index (Phi) is 6.10. The molecule has 0 unspecified atom stereocenters. The number of rotatable bonds is 4. The number of morpholine rings is 1. The highest BCUT2D eigenvalue weighted by Gasteiger charge is 2.29. The first kappa shape index (κ1) is 20.5. The highest BCUT2D eigenvalue weighted by Crippen LogP contribution is 2.38. The van der Waals surface area contributed by atoms with Crippen LogP contribution >= 0.6 is 11.3 Å². The summed E-state index contributed by atoms with van der Waals surface area (Å²) in [4.78, 5) is 39.5. The molecule has 0 saturated carbocycles. The third kappa shape index (κ3) is 4.22. The van der Waals surface area contributed by atoms with E-state index in [9.17, 15) is 19.7 Å². The minimum Gasteiger partial charge on any atom is -0.378 e. The molecule has 0 radical (unpaired) electrons. The van der Waals surface area contributed by atoms with Gasteiger partial charge in [0.05, 0.1) is 23.7 Å². The Morgan fingerprint density at radius 2 is 1.77 bits per heavy atom.